The molecule has 1 N–H and O–H groups in total. The normalized spacial score (nSPS) is 19.2. The first-order valence-corrected chi connectivity index (χ1v) is 10.6. The summed E-state index contributed by atoms with van der Waals surface area (Å²) in [6, 6.07) is 10.2. The van der Waals surface area contributed by atoms with Crippen molar-refractivity contribution >= 4 is 39.1 Å². The van der Waals surface area contributed by atoms with Crippen molar-refractivity contribution in [2.45, 2.75) is 43.4 Å². The van der Waals surface area contributed by atoms with Crippen molar-refractivity contribution in [3.05, 3.63) is 63.1 Å². The molecular weight excluding hydrogens is 393 g/mol. The monoisotopic (exact) mass is 411 g/mol. The fourth-order valence-electron chi connectivity index (χ4n) is 3.73. The number of halogens is 2. The second-order valence-corrected chi connectivity index (χ2v) is 8.96. The number of amides is 1. The molecule has 1 aliphatic rings. The summed E-state index contributed by atoms with van der Waals surface area (Å²) in [7, 11) is -4.08. The Hall–Kier alpha value is -1.56. The lowest BCUT2D eigenvalue weighted by atomic mass is 9.79. The first-order valence-electron chi connectivity index (χ1n) is 8.33. The molecule has 0 aromatic heterocycles. The third kappa shape index (κ3) is 3.02. The summed E-state index contributed by atoms with van der Waals surface area (Å²) in [5, 5.41) is 0.696. The van der Waals surface area contributed by atoms with Gasteiger partial charge in [0.25, 0.3) is 10.0 Å². The first-order chi connectivity index (χ1) is 12.2. The van der Waals surface area contributed by atoms with E-state index in [1.807, 2.05) is 13.0 Å². The Labute approximate surface area is 163 Å². The maximum absolute atomic E-state index is 13.1. The smallest absolute Gasteiger partial charge is 0.265 e. The minimum absolute atomic E-state index is 0.0643. The standard InChI is InChI=1S/C19H19Cl2NO3S/c1-3-19(11-10-13-14(19)7-5-8-15(13)20)18(23)22-26(24,25)17-12(2)6-4-9-16(17)21/h4-9H,3,10-11H2,1-2H3,(H,22,23). The zero-order chi connectivity index (χ0) is 19.1. The van der Waals surface area contributed by atoms with Gasteiger partial charge in [0.05, 0.1) is 10.4 Å². The van der Waals surface area contributed by atoms with Crippen LogP contribution in [0.1, 0.15) is 36.5 Å². The zero-order valence-corrected chi connectivity index (χ0v) is 16.8. The van der Waals surface area contributed by atoms with Crippen LogP contribution in [0.5, 0.6) is 0 Å². The molecule has 1 amide bonds. The molecule has 1 aliphatic carbocycles. The highest BCUT2D eigenvalue weighted by Crippen LogP contribution is 2.44. The maximum Gasteiger partial charge on any atom is 0.265 e. The third-order valence-electron chi connectivity index (χ3n) is 5.13. The van der Waals surface area contributed by atoms with E-state index in [-0.39, 0.29) is 9.92 Å². The van der Waals surface area contributed by atoms with Gasteiger partial charge in [-0.3, -0.25) is 4.79 Å². The summed E-state index contributed by atoms with van der Waals surface area (Å²) in [5.41, 5.74) is 1.29. The second kappa shape index (κ2) is 6.87. The highest BCUT2D eigenvalue weighted by Gasteiger charge is 2.46. The number of rotatable bonds is 4. The molecule has 26 heavy (non-hydrogen) atoms. The molecule has 2 aromatic rings. The molecule has 0 spiro atoms. The van der Waals surface area contributed by atoms with Gasteiger partial charge in [-0.1, -0.05) is 54.4 Å². The Morgan fingerprint density at radius 3 is 2.46 bits per heavy atom. The Balaban J connectivity index is 2.02. The van der Waals surface area contributed by atoms with Gasteiger partial charge in [0.15, 0.2) is 0 Å². The molecule has 1 atom stereocenters. The first kappa shape index (κ1) is 19.2. The number of carbonyl (C=O) groups excluding carboxylic acids is 1. The number of carbonyl (C=O) groups is 1. The van der Waals surface area contributed by atoms with Crippen molar-refractivity contribution in [3.63, 3.8) is 0 Å². The summed E-state index contributed by atoms with van der Waals surface area (Å²) in [6.45, 7) is 3.52. The number of fused-ring (bicyclic) bond motifs is 1. The fourth-order valence-corrected chi connectivity index (χ4v) is 5.88. The van der Waals surface area contributed by atoms with E-state index in [9.17, 15) is 13.2 Å². The van der Waals surface area contributed by atoms with Crippen LogP contribution in [-0.4, -0.2) is 14.3 Å². The van der Waals surface area contributed by atoms with Crippen molar-refractivity contribution in [1.29, 1.82) is 0 Å². The van der Waals surface area contributed by atoms with E-state index < -0.39 is 21.3 Å². The van der Waals surface area contributed by atoms with E-state index >= 15 is 0 Å². The lowest BCUT2D eigenvalue weighted by Gasteiger charge is -2.28. The average molecular weight is 412 g/mol. The van der Waals surface area contributed by atoms with Crippen LogP contribution in [0, 0.1) is 6.92 Å². The van der Waals surface area contributed by atoms with Gasteiger partial charge in [-0.15, -0.1) is 0 Å². The summed E-state index contributed by atoms with van der Waals surface area (Å²) in [6.07, 6.45) is 1.63. The van der Waals surface area contributed by atoms with E-state index in [1.54, 1.807) is 31.2 Å². The molecule has 0 bridgehead atoms. The molecular formula is C19H19Cl2NO3S. The van der Waals surface area contributed by atoms with Crippen LogP contribution in [-0.2, 0) is 26.7 Å². The lowest BCUT2D eigenvalue weighted by molar-refractivity contribution is -0.125. The van der Waals surface area contributed by atoms with E-state index in [0.717, 1.165) is 11.1 Å². The molecule has 0 fully saturated rings. The van der Waals surface area contributed by atoms with Crippen LogP contribution >= 0.6 is 23.2 Å². The van der Waals surface area contributed by atoms with Gasteiger partial charge in [-0.2, -0.15) is 0 Å². The van der Waals surface area contributed by atoms with Crippen LogP contribution in [0.2, 0.25) is 10.0 Å². The SMILES string of the molecule is CCC1(C(=O)NS(=O)(=O)c2c(C)cccc2Cl)CCc2c(Cl)cccc21. The number of benzene rings is 2. The number of hydrogen-bond acceptors (Lipinski definition) is 3. The Bertz CT molecular complexity index is 968. The number of sulfonamides is 1. The quantitative estimate of drug-likeness (QED) is 0.810. The number of nitrogens with one attached hydrogen (secondary N) is 1. The average Bonchev–Trinajstić information content (AvgIpc) is 2.95. The predicted octanol–water partition coefficient (Wildman–Crippen LogP) is 4.40. The molecule has 2 aromatic carbocycles. The Morgan fingerprint density at radius 2 is 1.81 bits per heavy atom. The van der Waals surface area contributed by atoms with Gasteiger partial charge in [-0.05, 0) is 55.0 Å². The molecule has 3 rings (SSSR count). The van der Waals surface area contributed by atoms with E-state index in [4.69, 9.17) is 23.2 Å². The molecule has 0 saturated carbocycles. The molecule has 7 heteroatoms. The summed E-state index contributed by atoms with van der Waals surface area (Å²) in [4.78, 5) is 13.0. The highest BCUT2D eigenvalue weighted by atomic mass is 35.5. The minimum Gasteiger partial charge on any atom is -0.273 e. The molecule has 0 saturated heterocycles. The van der Waals surface area contributed by atoms with Crippen LogP contribution in [0.4, 0.5) is 0 Å². The van der Waals surface area contributed by atoms with Crippen molar-refractivity contribution in [2.24, 2.45) is 0 Å². The molecule has 0 aliphatic heterocycles. The number of aryl methyl sites for hydroxylation is 1. The van der Waals surface area contributed by atoms with Gasteiger partial charge in [0.1, 0.15) is 4.90 Å². The van der Waals surface area contributed by atoms with Crippen molar-refractivity contribution in [2.75, 3.05) is 0 Å². The molecule has 138 valence electrons. The van der Waals surface area contributed by atoms with Crippen molar-refractivity contribution in [3.8, 4) is 0 Å². The Kier molecular flexibility index (Phi) is 5.08. The molecule has 1 unspecified atom stereocenters. The second-order valence-electron chi connectivity index (χ2n) is 6.52. The van der Waals surface area contributed by atoms with Crippen LogP contribution in [0.3, 0.4) is 0 Å². The van der Waals surface area contributed by atoms with Gasteiger partial charge in [-0.25, -0.2) is 13.1 Å². The minimum atomic E-state index is -4.08. The van der Waals surface area contributed by atoms with E-state index in [0.29, 0.717) is 29.8 Å². The summed E-state index contributed by atoms with van der Waals surface area (Å²) in [5.74, 6) is -0.541. The van der Waals surface area contributed by atoms with Gasteiger partial charge in [0, 0.05) is 5.02 Å². The Morgan fingerprint density at radius 1 is 1.15 bits per heavy atom. The predicted molar refractivity (Wildman–Crippen MR) is 103 cm³/mol. The van der Waals surface area contributed by atoms with Gasteiger partial charge >= 0.3 is 0 Å². The van der Waals surface area contributed by atoms with Crippen LogP contribution in [0.25, 0.3) is 0 Å². The van der Waals surface area contributed by atoms with E-state index in [2.05, 4.69) is 4.72 Å². The zero-order valence-electron chi connectivity index (χ0n) is 14.5. The van der Waals surface area contributed by atoms with Crippen LogP contribution in [0.15, 0.2) is 41.3 Å². The molecule has 0 radical (unpaired) electrons. The largest absolute Gasteiger partial charge is 0.273 e. The highest BCUT2D eigenvalue weighted by molar-refractivity contribution is 7.90. The summed E-state index contributed by atoms with van der Waals surface area (Å²) < 4.78 is 27.9. The topological polar surface area (TPSA) is 63.2 Å². The van der Waals surface area contributed by atoms with Crippen LogP contribution < -0.4 is 4.72 Å². The third-order valence-corrected chi connectivity index (χ3v) is 7.45. The molecule has 4 nitrogen and oxygen atoms in total. The van der Waals surface area contributed by atoms with Crippen molar-refractivity contribution < 1.29 is 13.2 Å². The van der Waals surface area contributed by atoms with Gasteiger partial charge in [0.2, 0.25) is 5.91 Å². The maximum atomic E-state index is 13.1. The summed E-state index contributed by atoms with van der Waals surface area (Å²) >= 11 is 12.3. The van der Waals surface area contributed by atoms with E-state index in [1.165, 1.54) is 6.07 Å². The molecule has 0 heterocycles. The van der Waals surface area contributed by atoms with Crippen molar-refractivity contribution in [1.82, 2.24) is 4.72 Å². The fraction of sp³-hybridized carbons (Fsp3) is 0.316. The number of hydrogen-bond donors (Lipinski definition) is 1. The lowest BCUT2D eigenvalue weighted by Crippen LogP contribution is -2.45. The van der Waals surface area contributed by atoms with Gasteiger partial charge < -0.3 is 0 Å².